The van der Waals surface area contributed by atoms with Gasteiger partial charge in [-0.25, -0.2) is 0 Å². The molecule has 0 fully saturated rings. The van der Waals surface area contributed by atoms with Crippen LogP contribution < -0.4 is 15.4 Å². The molecule has 0 aliphatic carbocycles. The third-order valence-electron chi connectivity index (χ3n) is 3.22. The highest BCUT2D eigenvalue weighted by Crippen LogP contribution is 2.33. The second-order valence-electron chi connectivity index (χ2n) is 5.34. The quantitative estimate of drug-likeness (QED) is 0.693. The van der Waals surface area contributed by atoms with Crippen LogP contribution in [-0.4, -0.2) is 12.5 Å². The zero-order chi connectivity index (χ0) is 17.5. The van der Waals surface area contributed by atoms with Crippen molar-refractivity contribution in [3.8, 4) is 5.75 Å². The van der Waals surface area contributed by atoms with Crippen LogP contribution in [0.15, 0.2) is 36.4 Å². The Kier molecular flexibility index (Phi) is 6.76. The fraction of sp³-hybridized carbons (Fsp3) is 0.278. The van der Waals surface area contributed by atoms with Crippen molar-refractivity contribution in [3.05, 3.63) is 52.0 Å². The Morgan fingerprint density at radius 1 is 1.12 bits per heavy atom. The summed E-state index contributed by atoms with van der Waals surface area (Å²) in [7, 11) is 0. The van der Waals surface area contributed by atoms with Crippen molar-refractivity contribution in [3.63, 3.8) is 0 Å². The summed E-state index contributed by atoms with van der Waals surface area (Å²) >= 11 is 12.3. The van der Waals surface area contributed by atoms with Crippen molar-refractivity contribution in [2.24, 2.45) is 0 Å². The molecule has 0 saturated heterocycles. The van der Waals surface area contributed by atoms with Gasteiger partial charge in [-0.2, -0.15) is 0 Å². The van der Waals surface area contributed by atoms with Crippen molar-refractivity contribution >= 4 is 40.5 Å². The highest BCUT2D eigenvalue weighted by atomic mass is 35.5. The fourth-order valence-electron chi connectivity index (χ4n) is 2.18. The van der Waals surface area contributed by atoms with Gasteiger partial charge in [0, 0.05) is 35.4 Å². The topological polar surface area (TPSA) is 50.4 Å². The van der Waals surface area contributed by atoms with E-state index in [1.165, 1.54) is 6.92 Å². The summed E-state index contributed by atoms with van der Waals surface area (Å²) in [6, 6.07) is 11.0. The van der Waals surface area contributed by atoms with Gasteiger partial charge in [-0.3, -0.25) is 4.79 Å². The van der Waals surface area contributed by atoms with Crippen LogP contribution in [0.25, 0.3) is 0 Å². The minimum atomic E-state index is -0.0954. The third-order valence-corrected chi connectivity index (χ3v) is 3.72. The van der Waals surface area contributed by atoms with Crippen molar-refractivity contribution in [1.82, 2.24) is 0 Å². The fourth-order valence-corrected chi connectivity index (χ4v) is 2.77. The number of carbonyl (C=O) groups is 1. The average molecular weight is 367 g/mol. The maximum Gasteiger partial charge on any atom is 0.221 e. The largest absolute Gasteiger partial charge is 0.492 e. The van der Waals surface area contributed by atoms with Gasteiger partial charge in [-0.15, -0.1) is 0 Å². The first kappa shape index (κ1) is 18.4. The SMILES string of the molecule is CCCOc1c(Cl)cc(Cl)cc1CNc1ccc(NC(C)=O)cc1. The maximum atomic E-state index is 11.0. The van der Waals surface area contributed by atoms with E-state index in [1.54, 1.807) is 6.07 Å². The zero-order valence-corrected chi connectivity index (χ0v) is 15.2. The van der Waals surface area contributed by atoms with Gasteiger partial charge >= 0.3 is 0 Å². The number of rotatable bonds is 7. The molecule has 0 unspecified atom stereocenters. The summed E-state index contributed by atoms with van der Waals surface area (Å²) in [5.41, 5.74) is 2.57. The number of anilines is 2. The van der Waals surface area contributed by atoms with E-state index in [9.17, 15) is 4.79 Å². The first-order chi connectivity index (χ1) is 11.5. The molecule has 0 aliphatic heterocycles. The molecule has 0 atom stereocenters. The van der Waals surface area contributed by atoms with Gasteiger partial charge in [-0.1, -0.05) is 30.1 Å². The molecule has 0 radical (unpaired) electrons. The van der Waals surface area contributed by atoms with Gasteiger partial charge in [0.15, 0.2) is 0 Å². The molecular weight excluding hydrogens is 347 g/mol. The second kappa shape index (κ2) is 8.81. The molecule has 128 valence electrons. The molecule has 2 aromatic rings. The molecule has 24 heavy (non-hydrogen) atoms. The van der Waals surface area contributed by atoms with Crippen LogP contribution in [0, 0.1) is 0 Å². The Balaban J connectivity index is 2.09. The standard InChI is InChI=1S/C18H20Cl2N2O2/c1-3-8-24-18-13(9-14(19)10-17(18)20)11-21-15-4-6-16(7-5-15)22-12(2)23/h4-7,9-10,21H,3,8,11H2,1-2H3,(H,22,23). The van der Waals surface area contributed by atoms with Crippen LogP contribution in [-0.2, 0) is 11.3 Å². The lowest BCUT2D eigenvalue weighted by molar-refractivity contribution is -0.114. The lowest BCUT2D eigenvalue weighted by Crippen LogP contribution is -2.06. The highest BCUT2D eigenvalue weighted by Gasteiger charge is 2.11. The minimum absolute atomic E-state index is 0.0954. The second-order valence-corrected chi connectivity index (χ2v) is 6.18. The molecule has 0 saturated carbocycles. The number of carbonyl (C=O) groups excluding carboxylic acids is 1. The number of halogens is 2. The van der Waals surface area contributed by atoms with Crippen LogP contribution >= 0.6 is 23.2 Å². The smallest absolute Gasteiger partial charge is 0.221 e. The van der Waals surface area contributed by atoms with Crippen LogP contribution in [0.4, 0.5) is 11.4 Å². The van der Waals surface area contributed by atoms with Crippen LogP contribution in [0.2, 0.25) is 10.0 Å². The number of amides is 1. The van der Waals surface area contributed by atoms with E-state index >= 15 is 0 Å². The Bertz CT molecular complexity index is 703. The van der Waals surface area contributed by atoms with Gasteiger partial charge in [-0.05, 0) is 42.8 Å². The van der Waals surface area contributed by atoms with E-state index in [2.05, 4.69) is 10.6 Å². The Morgan fingerprint density at radius 2 is 1.79 bits per heavy atom. The van der Waals surface area contributed by atoms with E-state index in [0.717, 1.165) is 23.4 Å². The molecule has 6 heteroatoms. The average Bonchev–Trinajstić information content (AvgIpc) is 2.52. The van der Waals surface area contributed by atoms with E-state index in [4.69, 9.17) is 27.9 Å². The molecule has 0 aliphatic rings. The normalized spacial score (nSPS) is 10.3. The molecular formula is C18H20Cl2N2O2. The highest BCUT2D eigenvalue weighted by molar-refractivity contribution is 6.35. The molecule has 0 bridgehead atoms. The van der Waals surface area contributed by atoms with Gasteiger partial charge in [0.25, 0.3) is 0 Å². The van der Waals surface area contributed by atoms with E-state index in [0.29, 0.717) is 28.9 Å². The number of hydrogen-bond acceptors (Lipinski definition) is 3. The van der Waals surface area contributed by atoms with Crippen LogP contribution in [0.5, 0.6) is 5.75 Å². The number of ether oxygens (including phenoxy) is 1. The summed E-state index contributed by atoms with van der Waals surface area (Å²) in [6.07, 6.45) is 0.899. The first-order valence-electron chi connectivity index (χ1n) is 7.72. The van der Waals surface area contributed by atoms with E-state index in [-0.39, 0.29) is 5.91 Å². The molecule has 2 rings (SSSR count). The van der Waals surface area contributed by atoms with Crippen LogP contribution in [0.3, 0.4) is 0 Å². The van der Waals surface area contributed by atoms with Crippen LogP contribution in [0.1, 0.15) is 25.8 Å². The van der Waals surface area contributed by atoms with E-state index in [1.807, 2.05) is 37.3 Å². The van der Waals surface area contributed by atoms with Gasteiger partial charge in [0.2, 0.25) is 5.91 Å². The lowest BCUT2D eigenvalue weighted by Gasteiger charge is -2.15. The van der Waals surface area contributed by atoms with Crippen molar-refractivity contribution in [2.45, 2.75) is 26.8 Å². The monoisotopic (exact) mass is 366 g/mol. The number of nitrogens with one attached hydrogen (secondary N) is 2. The summed E-state index contributed by atoms with van der Waals surface area (Å²) < 4.78 is 5.75. The van der Waals surface area contributed by atoms with Crippen molar-refractivity contribution < 1.29 is 9.53 Å². The van der Waals surface area contributed by atoms with Crippen molar-refractivity contribution in [2.75, 3.05) is 17.2 Å². The molecule has 2 N–H and O–H groups in total. The van der Waals surface area contributed by atoms with E-state index < -0.39 is 0 Å². The number of hydrogen-bond donors (Lipinski definition) is 2. The molecule has 0 aromatic heterocycles. The Labute approximate surface area is 152 Å². The zero-order valence-electron chi connectivity index (χ0n) is 13.7. The Hall–Kier alpha value is -1.91. The number of benzene rings is 2. The predicted octanol–water partition coefficient (Wildman–Crippen LogP) is 5.35. The first-order valence-corrected chi connectivity index (χ1v) is 8.47. The third kappa shape index (κ3) is 5.32. The van der Waals surface area contributed by atoms with Gasteiger partial charge < -0.3 is 15.4 Å². The molecule has 1 amide bonds. The lowest BCUT2D eigenvalue weighted by atomic mass is 10.2. The summed E-state index contributed by atoms with van der Waals surface area (Å²) in [5.74, 6) is 0.562. The minimum Gasteiger partial charge on any atom is -0.492 e. The molecule has 0 spiro atoms. The van der Waals surface area contributed by atoms with Gasteiger partial charge in [0.1, 0.15) is 5.75 Å². The van der Waals surface area contributed by atoms with Gasteiger partial charge in [0.05, 0.1) is 11.6 Å². The Morgan fingerprint density at radius 3 is 2.42 bits per heavy atom. The summed E-state index contributed by atoms with van der Waals surface area (Å²) in [6.45, 7) is 4.64. The summed E-state index contributed by atoms with van der Waals surface area (Å²) in [5, 5.41) is 7.11. The maximum absolute atomic E-state index is 11.0. The van der Waals surface area contributed by atoms with Crippen molar-refractivity contribution in [1.29, 1.82) is 0 Å². The molecule has 4 nitrogen and oxygen atoms in total. The molecule has 0 heterocycles. The molecule has 2 aromatic carbocycles. The summed E-state index contributed by atoms with van der Waals surface area (Å²) in [4.78, 5) is 11.0. The predicted molar refractivity (Wildman–Crippen MR) is 100 cm³/mol.